The molecular weight excluding hydrogens is 330 g/mol. The van der Waals surface area contributed by atoms with Crippen LogP contribution < -0.4 is 20.1 Å². The molecule has 0 aromatic heterocycles. The molecule has 0 fully saturated rings. The lowest BCUT2D eigenvalue weighted by molar-refractivity contribution is 0.174. The van der Waals surface area contributed by atoms with E-state index in [1.54, 1.807) is 0 Å². The van der Waals surface area contributed by atoms with Gasteiger partial charge in [0.15, 0.2) is 17.5 Å². The molecule has 0 amide bonds. The Balaban J connectivity index is 1.56. The molecule has 138 valence electrons. The number of hydrogen-bond donors (Lipinski definition) is 3. The monoisotopic (exact) mass is 355 g/mol. The number of aliphatic imine (C=N–C) groups is 1. The van der Waals surface area contributed by atoms with Crippen molar-refractivity contribution >= 4 is 5.96 Å². The number of hydrogen-bond acceptors (Lipinski definition) is 4. The fraction of sp³-hybridized carbons (Fsp3) is 0.350. The first-order valence-electron chi connectivity index (χ1n) is 8.88. The summed E-state index contributed by atoms with van der Waals surface area (Å²) in [7, 11) is 0. The average molecular weight is 355 g/mol. The zero-order valence-electron chi connectivity index (χ0n) is 15.0. The minimum absolute atomic E-state index is 0.0276. The molecule has 1 aliphatic heterocycles. The van der Waals surface area contributed by atoms with E-state index < -0.39 is 0 Å². The molecule has 0 saturated carbocycles. The summed E-state index contributed by atoms with van der Waals surface area (Å²) in [6.45, 7) is 4.43. The van der Waals surface area contributed by atoms with Crippen LogP contribution in [-0.2, 0) is 19.6 Å². The van der Waals surface area contributed by atoms with Gasteiger partial charge in [0.05, 0.1) is 13.2 Å². The van der Waals surface area contributed by atoms with Gasteiger partial charge in [-0.1, -0.05) is 30.3 Å². The molecule has 2 aromatic carbocycles. The van der Waals surface area contributed by atoms with E-state index in [-0.39, 0.29) is 6.61 Å². The van der Waals surface area contributed by atoms with E-state index in [2.05, 4.69) is 21.7 Å². The van der Waals surface area contributed by atoms with E-state index in [1.807, 2.05) is 43.3 Å². The highest BCUT2D eigenvalue weighted by molar-refractivity contribution is 5.79. The Morgan fingerprint density at radius 1 is 1.08 bits per heavy atom. The summed E-state index contributed by atoms with van der Waals surface area (Å²) in [6, 6.07) is 13.8. The zero-order valence-corrected chi connectivity index (χ0v) is 15.0. The summed E-state index contributed by atoms with van der Waals surface area (Å²) in [5.41, 5.74) is 3.12. The van der Waals surface area contributed by atoms with Crippen LogP contribution in [0.4, 0.5) is 0 Å². The van der Waals surface area contributed by atoms with E-state index in [1.165, 1.54) is 5.56 Å². The summed E-state index contributed by atoms with van der Waals surface area (Å²) in [5, 5.41) is 16.0. The molecule has 3 N–H and O–H groups in total. The van der Waals surface area contributed by atoms with Crippen LogP contribution in [-0.4, -0.2) is 30.9 Å². The fourth-order valence-electron chi connectivity index (χ4n) is 2.79. The van der Waals surface area contributed by atoms with Gasteiger partial charge in [0, 0.05) is 13.1 Å². The number of ether oxygens (including phenoxy) is 2. The van der Waals surface area contributed by atoms with E-state index in [4.69, 9.17) is 9.47 Å². The largest absolute Gasteiger partial charge is 0.454 e. The fourth-order valence-corrected chi connectivity index (χ4v) is 2.79. The first-order valence-corrected chi connectivity index (χ1v) is 8.88. The maximum atomic E-state index is 9.42. The van der Waals surface area contributed by atoms with Crippen molar-refractivity contribution < 1.29 is 14.6 Å². The molecule has 0 saturated heterocycles. The van der Waals surface area contributed by atoms with Gasteiger partial charge in [-0.2, -0.15) is 0 Å². The van der Waals surface area contributed by atoms with Crippen LogP contribution >= 0.6 is 0 Å². The number of aliphatic hydroxyl groups excluding tert-OH is 1. The molecule has 0 atom stereocenters. The molecular formula is C20H25N3O3. The highest BCUT2D eigenvalue weighted by atomic mass is 16.7. The number of guanidine groups is 1. The highest BCUT2D eigenvalue weighted by Gasteiger charge is 2.12. The van der Waals surface area contributed by atoms with Crippen molar-refractivity contribution in [2.75, 3.05) is 19.9 Å². The first kappa shape index (κ1) is 18.1. The molecule has 0 spiro atoms. The van der Waals surface area contributed by atoms with Gasteiger partial charge >= 0.3 is 0 Å². The Bertz CT molecular complexity index is 762. The Kier molecular flexibility index (Phi) is 6.33. The van der Waals surface area contributed by atoms with Crippen LogP contribution in [0.15, 0.2) is 47.5 Å². The van der Waals surface area contributed by atoms with E-state index in [0.29, 0.717) is 13.3 Å². The molecule has 1 heterocycles. The predicted molar refractivity (Wildman–Crippen MR) is 101 cm³/mol. The molecule has 1 aliphatic rings. The third-order valence-corrected chi connectivity index (χ3v) is 4.18. The Morgan fingerprint density at radius 2 is 1.88 bits per heavy atom. The lowest BCUT2D eigenvalue weighted by Gasteiger charge is -2.12. The van der Waals surface area contributed by atoms with Crippen LogP contribution in [0.2, 0.25) is 0 Å². The van der Waals surface area contributed by atoms with Crippen molar-refractivity contribution in [3.8, 4) is 11.5 Å². The SMILES string of the molecule is CCNC(=NCc1ccccc1CO)NCCc1ccc2c(c1)OCO2. The second kappa shape index (κ2) is 9.10. The van der Waals surface area contributed by atoms with Crippen molar-refractivity contribution in [2.45, 2.75) is 26.5 Å². The van der Waals surface area contributed by atoms with Gasteiger partial charge in [0.2, 0.25) is 6.79 Å². The van der Waals surface area contributed by atoms with Gasteiger partial charge in [-0.05, 0) is 42.2 Å². The molecule has 0 aliphatic carbocycles. The van der Waals surface area contributed by atoms with Crippen LogP contribution in [0.3, 0.4) is 0 Å². The molecule has 0 bridgehead atoms. The maximum Gasteiger partial charge on any atom is 0.231 e. The van der Waals surface area contributed by atoms with E-state index in [0.717, 1.165) is 48.1 Å². The minimum Gasteiger partial charge on any atom is -0.454 e. The number of rotatable bonds is 7. The molecule has 0 unspecified atom stereocenters. The summed E-state index contributed by atoms with van der Waals surface area (Å²) in [5.74, 6) is 2.38. The van der Waals surface area contributed by atoms with Crippen LogP contribution in [0, 0.1) is 0 Å². The lowest BCUT2D eigenvalue weighted by Crippen LogP contribution is -2.38. The van der Waals surface area contributed by atoms with Gasteiger partial charge in [-0.15, -0.1) is 0 Å². The number of fused-ring (bicyclic) bond motifs is 1. The molecule has 6 heteroatoms. The van der Waals surface area contributed by atoms with Crippen LogP contribution in [0.25, 0.3) is 0 Å². The third kappa shape index (κ3) is 4.67. The molecule has 2 aromatic rings. The summed E-state index contributed by atoms with van der Waals surface area (Å²) in [6.07, 6.45) is 0.855. The summed E-state index contributed by atoms with van der Waals surface area (Å²) >= 11 is 0. The van der Waals surface area contributed by atoms with Crippen molar-refractivity contribution in [1.82, 2.24) is 10.6 Å². The second-order valence-corrected chi connectivity index (χ2v) is 5.99. The summed E-state index contributed by atoms with van der Waals surface area (Å²) < 4.78 is 10.8. The van der Waals surface area contributed by atoms with Gasteiger partial charge in [0.1, 0.15) is 0 Å². The van der Waals surface area contributed by atoms with Gasteiger partial charge in [-0.25, -0.2) is 4.99 Å². The van der Waals surface area contributed by atoms with Gasteiger partial charge in [-0.3, -0.25) is 0 Å². The van der Waals surface area contributed by atoms with Crippen LogP contribution in [0.5, 0.6) is 11.5 Å². The lowest BCUT2D eigenvalue weighted by atomic mass is 10.1. The van der Waals surface area contributed by atoms with Gasteiger partial charge in [0.25, 0.3) is 0 Å². The van der Waals surface area contributed by atoms with E-state index in [9.17, 15) is 5.11 Å². The van der Waals surface area contributed by atoms with Crippen molar-refractivity contribution in [3.63, 3.8) is 0 Å². The predicted octanol–water partition coefficient (Wildman–Crippen LogP) is 2.21. The smallest absolute Gasteiger partial charge is 0.231 e. The number of benzene rings is 2. The average Bonchev–Trinajstić information content (AvgIpc) is 3.14. The number of aliphatic hydroxyl groups is 1. The molecule has 26 heavy (non-hydrogen) atoms. The maximum absolute atomic E-state index is 9.42. The van der Waals surface area contributed by atoms with Crippen LogP contribution in [0.1, 0.15) is 23.6 Å². The summed E-state index contributed by atoms with van der Waals surface area (Å²) in [4.78, 5) is 4.62. The number of nitrogens with zero attached hydrogens (tertiary/aromatic N) is 1. The minimum atomic E-state index is 0.0276. The molecule has 3 rings (SSSR count). The molecule has 6 nitrogen and oxygen atoms in total. The zero-order chi connectivity index (χ0) is 18.2. The standard InChI is InChI=1S/C20H25N3O3/c1-2-21-20(23-12-16-5-3-4-6-17(16)13-24)22-10-9-15-7-8-18-19(11-15)26-14-25-18/h3-8,11,24H,2,9-10,12-14H2,1H3,(H2,21,22,23). The highest BCUT2D eigenvalue weighted by Crippen LogP contribution is 2.32. The van der Waals surface area contributed by atoms with Crippen molar-refractivity contribution in [2.24, 2.45) is 4.99 Å². The van der Waals surface area contributed by atoms with Crippen molar-refractivity contribution in [1.29, 1.82) is 0 Å². The third-order valence-electron chi connectivity index (χ3n) is 4.18. The number of nitrogens with one attached hydrogen (secondary N) is 2. The second-order valence-electron chi connectivity index (χ2n) is 5.99. The normalized spacial score (nSPS) is 12.9. The van der Waals surface area contributed by atoms with E-state index >= 15 is 0 Å². The Morgan fingerprint density at radius 3 is 2.69 bits per heavy atom. The van der Waals surface area contributed by atoms with Crippen molar-refractivity contribution in [3.05, 3.63) is 59.2 Å². The quantitative estimate of drug-likeness (QED) is 0.524. The first-order chi connectivity index (χ1) is 12.8. The Hall–Kier alpha value is -2.73. The molecule has 0 radical (unpaired) electrons. The Labute approximate surface area is 153 Å². The topological polar surface area (TPSA) is 75.1 Å². The van der Waals surface area contributed by atoms with Gasteiger partial charge < -0.3 is 25.2 Å².